The van der Waals surface area contributed by atoms with Gasteiger partial charge in [0.15, 0.2) is 0 Å². The topological polar surface area (TPSA) is 66.5 Å². The van der Waals surface area contributed by atoms with Gasteiger partial charge in [0.1, 0.15) is 5.82 Å². The minimum atomic E-state index is -5.01. The Morgan fingerprint density at radius 1 is 1.10 bits per heavy atom. The monoisotopic (exact) mass is 444 g/mol. The predicted octanol–water partition coefficient (Wildman–Crippen LogP) is 3.21. The quantitative estimate of drug-likeness (QED) is 0.667. The van der Waals surface area contributed by atoms with Crippen LogP contribution in [-0.4, -0.2) is 38.9 Å². The zero-order chi connectivity index (χ0) is 21.9. The summed E-state index contributed by atoms with van der Waals surface area (Å²) in [5.74, 6) is -1.95. The summed E-state index contributed by atoms with van der Waals surface area (Å²) in [6, 6.07) is 11.1. The van der Waals surface area contributed by atoms with E-state index < -0.39 is 32.5 Å². The molecule has 2 aromatic rings. The molecule has 3 rings (SSSR count). The molecule has 1 aliphatic heterocycles. The van der Waals surface area contributed by atoms with E-state index in [1.165, 1.54) is 0 Å². The van der Waals surface area contributed by atoms with Crippen molar-refractivity contribution in [1.82, 2.24) is 9.62 Å². The van der Waals surface area contributed by atoms with Gasteiger partial charge in [-0.25, -0.2) is 17.5 Å². The van der Waals surface area contributed by atoms with Crippen LogP contribution < -0.4 is 4.72 Å². The molecular formula is C20H20F4N2O3S. The van der Waals surface area contributed by atoms with Gasteiger partial charge in [0.25, 0.3) is 0 Å². The lowest BCUT2D eigenvalue weighted by atomic mass is 10.1. The molecule has 1 N–H and O–H groups in total. The van der Waals surface area contributed by atoms with Crippen molar-refractivity contribution >= 4 is 15.9 Å². The number of halogens is 4. The minimum absolute atomic E-state index is 0.101. The maximum atomic E-state index is 13.4. The molecule has 0 unspecified atom stereocenters. The molecule has 0 aliphatic carbocycles. The fourth-order valence-corrected chi connectivity index (χ4v) is 4.46. The van der Waals surface area contributed by atoms with E-state index in [0.29, 0.717) is 25.6 Å². The summed E-state index contributed by atoms with van der Waals surface area (Å²) in [4.78, 5) is 13.1. The van der Waals surface area contributed by atoms with Crippen molar-refractivity contribution in [2.45, 2.75) is 23.9 Å². The summed E-state index contributed by atoms with van der Waals surface area (Å²) in [6.07, 6.45) is -4.19. The third-order valence-corrected chi connectivity index (χ3v) is 6.34. The van der Waals surface area contributed by atoms with E-state index in [1.54, 1.807) is 4.90 Å². The number of carbonyl (C=O) groups is 1. The number of benzene rings is 2. The van der Waals surface area contributed by atoms with Gasteiger partial charge in [-0.3, -0.25) is 4.79 Å². The predicted molar refractivity (Wildman–Crippen MR) is 101 cm³/mol. The minimum Gasteiger partial charge on any atom is -0.342 e. The molecule has 0 radical (unpaired) electrons. The summed E-state index contributed by atoms with van der Waals surface area (Å²) in [5.41, 5.74) is -0.570. The Morgan fingerprint density at radius 2 is 1.80 bits per heavy atom. The van der Waals surface area contributed by atoms with Crippen LogP contribution in [0.5, 0.6) is 0 Å². The first-order valence-corrected chi connectivity index (χ1v) is 10.7. The summed E-state index contributed by atoms with van der Waals surface area (Å²) in [5, 5.41) is 0. The van der Waals surface area contributed by atoms with E-state index in [9.17, 15) is 30.8 Å². The van der Waals surface area contributed by atoms with Gasteiger partial charge in [-0.2, -0.15) is 13.2 Å². The van der Waals surface area contributed by atoms with Gasteiger partial charge in [0.05, 0.1) is 10.5 Å². The highest BCUT2D eigenvalue weighted by atomic mass is 32.2. The van der Waals surface area contributed by atoms with Crippen LogP contribution in [-0.2, 0) is 27.4 Å². The number of alkyl halides is 3. The Labute approximate surface area is 171 Å². The van der Waals surface area contributed by atoms with Crippen molar-refractivity contribution in [3.8, 4) is 0 Å². The lowest BCUT2D eigenvalue weighted by molar-refractivity contribution is -0.140. The van der Waals surface area contributed by atoms with Gasteiger partial charge in [0.2, 0.25) is 15.9 Å². The molecule has 0 spiro atoms. The van der Waals surface area contributed by atoms with Crippen LogP contribution in [0, 0.1) is 11.7 Å². The highest BCUT2D eigenvalue weighted by molar-refractivity contribution is 7.89. The number of sulfonamides is 1. The van der Waals surface area contributed by atoms with E-state index in [1.807, 2.05) is 30.3 Å². The Morgan fingerprint density at radius 3 is 2.47 bits per heavy atom. The highest BCUT2D eigenvalue weighted by Gasteiger charge is 2.36. The van der Waals surface area contributed by atoms with Crippen LogP contribution >= 0.6 is 0 Å². The van der Waals surface area contributed by atoms with E-state index in [-0.39, 0.29) is 30.9 Å². The molecule has 0 saturated carbocycles. The summed E-state index contributed by atoms with van der Waals surface area (Å²) >= 11 is 0. The largest absolute Gasteiger partial charge is 0.419 e. The first-order valence-electron chi connectivity index (χ1n) is 9.24. The Balaban J connectivity index is 1.59. The fraction of sp³-hybridized carbons (Fsp3) is 0.350. The molecule has 162 valence electrons. The molecule has 30 heavy (non-hydrogen) atoms. The van der Waals surface area contributed by atoms with E-state index in [0.717, 1.165) is 11.6 Å². The molecular weight excluding hydrogens is 424 g/mol. The standard InChI is InChI=1S/C20H20F4N2O3S/c21-18-7-6-16(11-17(18)20(22,23)24)30(28,29)25-12-15-10-19(27)26(13-15)9-8-14-4-2-1-3-5-14/h1-7,11,15,25H,8-10,12-13H2/t15-/m0/s1. The number of carbonyl (C=O) groups excluding carboxylic acids is 1. The van der Waals surface area contributed by atoms with Gasteiger partial charge in [0, 0.05) is 26.1 Å². The van der Waals surface area contributed by atoms with Crippen molar-refractivity contribution < 1.29 is 30.8 Å². The summed E-state index contributed by atoms with van der Waals surface area (Å²) in [7, 11) is -4.28. The number of nitrogens with zero attached hydrogens (tertiary/aromatic N) is 1. The first-order chi connectivity index (χ1) is 14.1. The molecule has 1 fully saturated rings. The van der Waals surface area contributed by atoms with Gasteiger partial charge < -0.3 is 4.90 Å². The van der Waals surface area contributed by atoms with E-state index in [4.69, 9.17) is 0 Å². The third-order valence-electron chi connectivity index (χ3n) is 4.92. The molecule has 1 aliphatic rings. The van der Waals surface area contributed by atoms with Crippen LogP contribution in [0.15, 0.2) is 53.4 Å². The van der Waals surface area contributed by atoms with Crippen LogP contribution in [0.25, 0.3) is 0 Å². The average molecular weight is 444 g/mol. The molecule has 0 aromatic heterocycles. The number of amides is 1. The van der Waals surface area contributed by atoms with Crippen LogP contribution in [0.1, 0.15) is 17.5 Å². The van der Waals surface area contributed by atoms with Crippen molar-refractivity contribution in [3.05, 3.63) is 65.5 Å². The molecule has 1 amide bonds. The number of rotatable bonds is 7. The molecule has 1 saturated heterocycles. The lowest BCUT2D eigenvalue weighted by Crippen LogP contribution is -2.32. The number of nitrogens with one attached hydrogen (secondary N) is 1. The maximum absolute atomic E-state index is 13.4. The number of hydrogen-bond donors (Lipinski definition) is 1. The Kier molecular flexibility index (Phi) is 6.47. The number of likely N-dealkylation sites (tertiary alicyclic amines) is 1. The normalized spacial score (nSPS) is 17.5. The SMILES string of the molecule is O=C1C[C@@H](CNS(=O)(=O)c2ccc(F)c(C(F)(F)F)c2)CN1CCc1ccccc1. The average Bonchev–Trinajstić information content (AvgIpc) is 3.05. The zero-order valence-corrected chi connectivity index (χ0v) is 16.6. The van der Waals surface area contributed by atoms with Gasteiger partial charge in [-0.15, -0.1) is 0 Å². The first kappa shape index (κ1) is 22.2. The van der Waals surface area contributed by atoms with Crippen molar-refractivity contribution in [1.29, 1.82) is 0 Å². The molecule has 10 heteroatoms. The second-order valence-corrected chi connectivity index (χ2v) is 8.90. The maximum Gasteiger partial charge on any atom is 0.419 e. The molecule has 0 bridgehead atoms. The van der Waals surface area contributed by atoms with Crippen LogP contribution in [0.4, 0.5) is 17.6 Å². The fourth-order valence-electron chi connectivity index (χ4n) is 3.32. The van der Waals surface area contributed by atoms with Crippen LogP contribution in [0.3, 0.4) is 0 Å². The molecule has 1 atom stereocenters. The third kappa shape index (κ3) is 5.37. The number of hydrogen-bond acceptors (Lipinski definition) is 3. The summed E-state index contributed by atoms with van der Waals surface area (Å²) < 4.78 is 78.8. The van der Waals surface area contributed by atoms with E-state index >= 15 is 0 Å². The second-order valence-electron chi connectivity index (χ2n) is 7.14. The smallest absolute Gasteiger partial charge is 0.342 e. The lowest BCUT2D eigenvalue weighted by Gasteiger charge is -2.17. The molecule has 1 heterocycles. The molecule has 2 aromatic carbocycles. The molecule has 5 nitrogen and oxygen atoms in total. The van der Waals surface area contributed by atoms with Crippen molar-refractivity contribution in [2.75, 3.05) is 19.6 Å². The van der Waals surface area contributed by atoms with Crippen molar-refractivity contribution in [2.24, 2.45) is 5.92 Å². The van der Waals surface area contributed by atoms with E-state index in [2.05, 4.69) is 4.72 Å². The second kappa shape index (κ2) is 8.73. The van der Waals surface area contributed by atoms with Gasteiger partial charge in [-0.1, -0.05) is 30.3 Å². The zero-order valence-electron chi connectivity index (χ0n) is 15.8. The Hall–Kier alpha value is -2.46. The van der Waals surface area contributed by atoms with Gasteiger partial charge in [-0.05, 0) is 36.1 Å². The van der Waals surface area contributed by atoms with Gasteiger partial charge >= 0.3 is 6.18 Å². The summed E-state index contributed by atoms with van der Waals surface area (Å²) in [6.45, 7) is 0.749. The Bertz CT molecular complexity index is 1010. The highest BCUT2D eigenvalue weighted by Crippen LogP contribution is 2.32. The van der Waals surface area contributed by atoms with Crippen LogP contribution in [0.2, 0.25) is 0 Å². The van der Waals surface area contributed by atoms with Crippen molar-refractivity contribution in [3.63, 3.8) is 0 Å².